The molecule has 0 atom stereocenters. The SMILES string of the molecule is CC(C)CCNc1cc(NCC(C)C)ncn1. The second-order valence-electron chi connectivity index (χ2n) is 5.17. The normalized spacial score (nSPS) is 10.9. The fourth-order valence-corrected chi connectivity index (χ4v) is 1.35. The Morgan fingerprint density at radius 1 is 1.00 bits per heavy atom. The van der Waals surface area contributed by atoms with Crippen molar-refractivity contribution in [2.75, 3.05) is 23.7 Å². The Morgan fingerprint density at radius 3 is 2.24 bits per heavy atom. The van der Waals surface area contributed by atoms with Gasteiger partial charge in [0.1, 0.15) is 18.0 Å². The fourth-order valence-electron chi connectivity index (χ4n) is 1.35. The number of nitrogens with one attached hydrogen (secondary N) is 2. The molecule has 4 nitrogen and oxygen atoms in total. The van der Waals surface area contributed by atoms with E-state index >= 15 is 0 Å². The summed E-state index contributed by atoms with van der Waals surface area (Å²) in [6.45, 7) is 10.7. The van der Waals surface area contributed by atoms with Crippen LogP contribution in [0, 0.1) is 11.8 Å². The second kappa shape index (κ2) is 7.09. The maximum Gasteiger partial charge on any atom is 0.131 e. The molecule has 0 aliphatic carbocycles. The van der Waals surface area contributed by atoms with Crippen LogP contribution in [0.2, 0.25) is 0 Å². The first-order valence-corrected chi connectivity index (χ1v) is 6.37. The zero-order valence-electron chi connectivity index (χ0n) is 11.3. The van der Waals surface area contributed by atoms with E-state index in [1.807, 2.05) is 6.07 Å². The molecule has 0 amide bonds. The first-order valence-electron chi connectivity index (χ1n) is 6.37. The van der Waals surface area contributed by atoms with Crippen molar-refractivity contribution in [2.45, 2.75) is 34.1 Å². The minimum atomic E-state index is 0.613. The van der Waals surface area contributed by atoms with Gasteiger partial charge in [0.2, 0.25) is 0 Å². The van der Waals surface area contributed by atoms with Crippen molar-refractivity contribution in [1.82, 2.24) is 9.97 Å². The van der Waals surface area contributed by atoms with Gasteiger partial charge in [-0.2, -0.15) is 0 Å². The molecule has 1 aromatic heterocycles. The molecule has 0 aromatic carbocycles. The van der Waals surface area contributed by atoms with Gasteiger partial charge in [0, 0.05) is 19.2 Å². The molecule has 0 unspecified atom stereocenters. The number of hydrogen-bond acceptors (Lipinski definition) is 4. The van der Waals surface area contributed by atoms with Gasteiger partial charge in [-0.05, 0) is 18.3 Å². The summed E-state index contributed by atoms with van der Waals surface area (Å²) in [6.07, 6.45) is 2.75. The third-order valence-corrected chi connectivity index (χ3v) is 2.39. The van der Waals surface area contributed by atoms with Crippen molar-refractivity contribution >= 4 is 11.6 Å². The van der Waals surface area contributed by atoms with E-state index in [0.29, 0.717) is 11.8 Å². The highest BCUT2D eigenvalue weighted by Gasteiger charge is 2.00. The highest BCUT2D eigenvalue weighted by molar-refractivity contribution is 5.46. The summed E-state index contributed by atoms with van der Waals surface area (Å²) in [5, 5.41) is 6.61. The van der Waals surface area contributed by atoms with Crippen molar-refractivity contribution in [2.24, 2.45) is 11.8 Å². The van der Waals surface area contributed by atoms with Crippen molar-refractivity contribution in [3.63, 3.8) is 0 Å². The predicted octanol–water partition coefficient (Wildman–Crippen LogP) is 3.00. The number of aromatic nitrogens is 2. The molecule has 96 valence electrons. The molecule has 1 heterocycles. The van der Waals surface area contributed by atoms with Crippen molar-refractivity contribution < 1.29 is 0 Å². The van der Waals surface area contributed by atoms with Gasteiger partial charge in [-0.3, -0.25) is 0 Å². The fraction of sp³-hybridized carbons (Fsp3) is 0.692. The molecular weight excluding hydrogens is 212 g/mol. The van der Waals surface area contributed by atoms with Gasteiger partial charge in [0.15, 0.2) is 0 Å². The van der Waals surface area contributed by atoms with Gasteiger partial charge in [0.25, 0.3) is 0 Å². The van der Waals surface area contributed by atoms with Crippen molar-refractivity contribution in [3.05, 3.63) is 12.4 Å². The number of anilines is 2. The third-order valence-electron chi connectivity index (χ3n) is 2.39. The van der Waals surface area contributed by atoms with Crippen molar-refractivity contribution in [1.29, 1.82) is 0 Å². The van der Waals surface area contributed by atoms with E-state index in [2.05, 4.69) is 48.3 Å². The van der Waals surface area contributed by atoms with Gasteiger partial charge < -0.3 is 10.6 Å². The molecule has 0 aliphatic rings. The Hall–Kier alpha value is -1.32. The quantitative estimate of drug-likeness (QED) is 0.764. The van der Waals surface area contributed by atoms with Gasteiger partial charge >= 0.3 is 0 Å². The molecule has 0 aliphatic heterocycles. The van der Waals surface area contributed by atoms with Crippen LogP contribution in [0.15, 0.2) is 12.4 Å². The Morgan fingerprint density at radius 2 is 1.65 bits per heavy atom. The summed E-state index contributed by atoms with van der Waals surface area (Å²) in [4.78, 5) is 8.39. The summed E-state index contributed by atoms with van der Waals surface area (Å²) < 4.78 is 0. The van der Waals surface area contributed by atoms with Crippen LogP contribution >= 0.6 is 0 Å². The monoisotopic (exact) mass is 236 g/mol. The molecule has 0 bridgehead atoms. The maximum absolute atomic E-state index is 4.20. The standard InChI is InChI=1S/C13H24N4/c1-10(2)5-6-14-12-7-13(17-9-16-12)15-8-11(3)4/h7,9-11H,5-6,8H2,1-4H3,(H2,14,15,16,17). The minimum Gasteiger partial charge on any atom is -0.370 e. The molecule has 17 heavy (non-hydrogen) atoms. The first kappa shape index (κ1) is 13.7. The Bertz CT molecular complexity index is 323. The number of nitrogens with zero attached hydrogens (tertiary/aromatic N) is 2. The lowest BCUT2D eigenvalue weighted by molar-refractivity contribution is 0.606. The van der Waals surface area contributed by atoms with E-state index in [0.717, 1.165) is 31.1 Å². The molecule has 0 saturated carbocycles. The van der Waals surface area contributed by atoms with Crippen LogP contribution in [0.25, 0.3) is 0 Å². The average molecular weight is 236 g/mol. The number of hydrogen-bond donors (Lipinski definition) is 2. The Kier molecular flexibility index (Phi) is 5.73. The van der Waals surface area contributed by atoms with E-state index in [-0.39, 0.29) is 0 Å². The van der Waals surface area contributed by atoms with Gasteiger partial charge in [-0.1, -0.05) is 27.7 Å². The summed E-state index contributed by atoms with van der Waals surface area (Å²) in [6, 6.07) is 1.96. The highest BCUT2D eigenvalue weighted by atomic mass is 15.1. The summed E-state index contributed by atoms with van der Waals surface area (Å²) in [5.74, 6) is 3.11. The van der Waals surface area contributed by atoms with Crippen molar-refractivity contribution in [3.8, 4) is 0 Å². The first-order chi connectivity index (χ1) is 8.08. The second-order valence-corrected chi connectivity index (χ2v) is 5.17. The van der Waals surface area contributed by atoms with Crippen LogP contribution in [-0.4, -0.2) is 23.1 Å². The molecule has 0 fully saturated rings. The van der Waals surface area contributed by atoms with E-state index in [1.165, 1.54) is 0 Å². The van der Waals surface area contributed by atoms with Crippen LogP contribution in [0.3, 0.4) is 0 Å². The van der Waals surface area contributed by atoms with E-state index in [4.69, 9.17) is 0 Å². The van der Waals surface area contributed by atoms with Gasteiger partial charge in [0.05, 0.1) is 0 Å². The smallest absolute Gasteiger partial charge is 0.131 e. The lowest BCUT2D eigenvalue weighted by Crippen LogP contribution is -2.11. The predicted molar refractivity (Wildman–Crippen MR) is 73.3 cm³/mol. The van der Waals surface area contributed by atoms with Crippen LogP contribution in [-0.2, 0) is 0 Å². The maximum atomic E-state index is 4.20. The molecule has 4 heteroatoms. The molecule has 0 saturated heterocycles. The van der Waals surface area contributed by atoms with Crippen LogP contribution in [0.1, 0.15) is 34.1 Å². The molecule has 0 radical (unpaired) electrons. The van der Waals surface area contributed by atoms with E-state index in [9.17, 15) is 0 Å². The summed E-state index contributed by atoms with van der Waals surface area (Å²) in [5.41, 5.74) is 0. The van der Waals surface area contributed by atoms with Crippen LogP contribution in [0.5, 0.6) is 0 Å². The largest absolute Gasteiger partial charge is 0.370 e. The zero-order chi connectivity index (χ0) is 12.7. The molecule has 2 N–H and O–H groups in total. The molecular formula is C13H24N4. The Balaban J connectivity index is 2.42. The van der Waals surface area contributed by atoms with Gasteiger partial charge in [-0.15, -0.1) is 0 Å². The summed E-state index contributed by atoms with van der Waals surface area (Å²) in [7, 11) is 0. The number of rotatable bonds is 7. The third kappa shape index (κ3) is 6.09. The lowest BCUT2D eigenvalue weighted by Gasteiger charge is -2.10. The zero-order valence-corrected chi connectivity index (χ0v) is 11.3. The summed E-state index contributed by atoms with van der Waals surface area (Å²) >= 11 is 0. The molecule has 0 spiro atoms. The topological polar surface area (TPSA) is 49.8 Å². The Labute approximate surface area is 104 Å². The molecule has 1 aromatic rings. The molecule has 1 rings (SSSR count). The lowest BCUT2D eigenvalue weighted by atomic mass is 10.1. The van der Waals surface area contributed by atoms with E-state index < -0.39 is 0 Å². The van der Waals surface area contributed by atoms with Crippen LogP contribution < -0.4 is 10.6 Å². The van der Waals surface area contributed by atoms with Gasteiger partial charge in [-0.25, -0.2) is 9.97 Å². The average Bonchev–Trinajstić information content (AvgIpc) is 2.26. The highest BCUT2D eigenvalue weighted by Crippen LogP contribution is 2.10. The van der Waals surface area contributed by atoms with Crippen LogP contribution in [0.4, 0.5) is 11.6 Å². The minimum absolute atomic E-state index is 0.613. The van der Waals surface area contributed by atoms with E-state index in [1.54, 1.807) is 6.33 Å².